The van der Waals surface area contributed by atoms with Crippen molar-refractivity contribution in [2.24, 2.45) is 0 Å². The van der Waals surface area contributed by atoms with Gasteiger partial charge in [0.25, 0.3) is 0 Å². The van der Waals surface area contributed by atoms with Gasteiger partial charge in [-0.3, -0.25) is 0 Å². The summed E-state index contributed by atoms with van der Waals surface area (Å²) in [6.07, 6.45) is 0. The molecule has 0 aliphatic rings. The second-order valence-corrected chi connectivity index (χ2v) is 17.2. The Morgan fingerprint density at radius 1 is 0.333 bits per heavy atom. The van der Waals surface area contributed by atoms with Crippen molar-refractivity contribution in [3.05, 3.63) is 224 Å². The molecular weight excluding hydrogens is 805 g/mol. The molecule has 0 amide bonds. The van der Waals surface area contributed by atoms with Gasteiger partial charge in [0.1, 0.15) is 11.2 Å². The van der Waals surface area contributed by atoms with Gasteiger partial charge in [-0.25, -0.2) is 0 Å². The molecule has 4 aromatic heterocycles. The van der Waals surface area contributed by atoms with E-state index in [1.165, 1.54) is 32.6 Å². The molecule has 306 valence electrons. The molecule has 0 bridgehead atoms. The van der Waals surface area contributed by atoms with E-state index in [4.69, 9.17) is 4.42 Å². The van der Waals surface area contributed by atoms with E-state index in [0.717, 1.165) is 94.1 Å². The molecule has 0 saturated heterocycles. The van der Waals surface area contributed by atoms with Crippen LogP contribution >= 0.6 is 0 Å². The van der Waals surface area contributed by atoms with Crippen molar-refractivity contribution in [2.45, 2.75) is 0 Å². The second-order valence-electron chi connectivity index (χ2n) is 17.2. The number of nitriles is 1. The molecule has 0 aliphatic heterocycles. The fraction of sp³-hybridized carbons (Fsp3) is 0. The molecule has 0 N–H and O–H groups in total. The number of fused-ring (bicyclic) bond motifs is 13. The Labute approximate surface area is 378 Å². The molecule has 5 heteroatoms. The minimum absolute atomic E-state index is 0.613. The SMILES string of the molecule is N#Cc1cc(-c2ccccc2)ccc1-c1cc(-n2c3ccccc3c3cc4c(cc32)oc2ccccc24)cc(-n2c3ccccc3c3c2ccc2c4ccccc4n(-c4ccccc4)c23)c1. The molecule has 0 spiro atoms. The molecular formula is C61H36N4O. The third kappa shape index (κ3) is 5.21. The van der Waals surface area contributed by atoms with Crippen LogP contribution in [0.15, 0.2) is 223 Å². The monoisotopic (exact) mass is 840 g/mol. The van der Waals surface area contributed by atoms with E-state index in [1.807, 2.05) is 36.4 Å². The number of rotatable bonds is 5. The normalized spacial score (nSPS) is 11.9. The maximum Gasteiger partial charge on any atom is 0.137 e. The van der Waals surface area contributed by atoms with E-state index in [1.54, 1.807) is 0 Å². The maximum absolute atomic E-state index is 10.9. The zero-order valence-electron chi connectivity index (χ0n) is 35.5. The highest BCUT2D eigenvalue weighted by Gasteiger charge is 2.23. The van der Waals surface area contributed by atoms with Crippen LogP contribution in [0.3, 0.4) is 0 Å². The molecule has 0 radical (unpaired) electrons. The minimum atomic E-state index is 0.613. The largest absolute Gasteiger partial charge is 0.456 e. The van der Waals surface area contributed by atoms with Crippen molar-refractivity contribution in [1.82, 2.24) is 13.7 Å². The molecule has 0 unspecified atom stereocenters. The molecule has 0 aliphatic carbocycles. The van der Waals surface area contributed by atoms with Crippen LogP contribution < -0.4 is 0 Å². The summed E-state index contributed by atoms with van der Waals surface area (Å²) in [4.78, 5) is 0. The fourth-order valence-electron chi connectivity index (χ4n) is 10.8. The maximum atomic E-state index is 10.9. The smallest absolute Gasteiger partial charge is 0.137 e. The van der Waals surface area contributed by atoms with E-state index in [0.29, 0.717) is 5.56 Å². The highest BCUT2D eigenvalue weighted by molar-refractivity contribution is 6.26. The average molecular weight is 841 g/mol. The highest BCUT2D eigenvalue weighted by Crippen LogP contribution is 2.44. The molecule has 4 heterocycles. The zero-order valence-corrected chi connectivity index (χ0v) is 35.5. The number of furan rings is 1. The third-order valence-electron chi connectivity index (χ3n) is 13.6. The van der Waals surface area contributed by atoms with E-state index in [9.17, 15) is 5.26 Å². The summed E-state index contributed by atoms with van der Waals surface area (Å²) < 4.78 is 13.8. The molecule has 14 aromatic rings. The van der Waals surface area contributed by atoms with Crippen LogP contribution in [-0.4, -0.2) is 13.7 Å². The minimum Gasteiger partial charge on any atom is -0.456 e. The van der Waals surface area contributed by atoms with Crippen molar-refractivity contribution < 1.29 is 4.42 Å². The zero-order chi connectivity index (χ0) is 43.5. The first-order chi connectivity index (χ1) is 32.7. The Kier molecular flexibility index (Phi) is 7.69. The molecule has 0 atom stereocenters. The summed E-state index contributed by atoms with van der Waals surface area (Å²) in [6, 6.07) is 80.1. The first kappa shape index (κ1) is 36.4. The van der Waals surface area contributed by atoms with Crippen LogP contribution in [0.25, 0.3) is 127 Å². The fourth-order valence-corrected chi connectivity index (χ4v) is 10.8. The highest BCUT2D eigenvalue weighted by atomic mass is 16.3. The van der Waals surface area contributed by atoms with Gasteiger partial charge in [0.15, 0.2) is 0 Å². The molecule has 0 saturated carbocycles. The lowest BCUT2D eigenvalue weighted by molar-refractivity contribution is 0.669. The molecule has 5 nitrogen and oxygen atoms in total. The number of benzene rings is 10. The molecule has 14 rings (SSSR count). The summed E-state index contributed by atoms with van der Waals surface area (Å²) in [5, 5.41) is 20.2. The number of nitrogens with zero attached hydrogens (tertiary/aromatic N) is 4. The van der Waals surface area contributed by atoms with Crippen LogP contribution in [-0.2, 0) is 0 Å². The van der Waals surface area contributed by atoms with Gasteiger partial charge in [0.2, 0.25) is 0 Å². The lowest BCUT2D eigenvalue weighted by Gasteiger charge is -2.17. The van der Waals surface area contributed by atoms with Crippen molar-refractivity contribution in [2.75, 3.05) is 0 Å². The van der Waals surface area contributed by atoms with Gasteiger partial charge in [-0.1, -0.05) is 140 Å². The number of hydrogen-bond acceptors (Lipinski definition) is 2. The van der Waals surface area contributed by atoms with Gasteiger partial charge in [-0.15, -0.1) is 0 Å². The van der Waals surface area contributed by atoms with Crippen LogP contribution in [0.1, 0.15) is 5.56 Å². The standard InChI is InChI=1S/C61H36N4O/c62-37-41-31-39(38-15-3-1-4-16-38)27-28-45(41)40-32-43(34-44(33-40)64-53-23-11-8-20-47(53)51-35-52-48-21-10-14-26-58(48)66-59(52)36-57(51)64)63-55-25-13-9-22-50(55)60-56(63)30-29-49-46-19-7-12-24-54(46)65(61(49)60)42-17-5-2-6-18-42/h1-36H. The van der Waals surface area contributed by atoms with Crippen molar-refractivity contribution in [3.63, 3.8) is 0 Å². The van der Waals surface area contributed by atoms with E-state index >= 15 is 0 Å². The van der Waals surface area contributed by atoms with E-state index < -0.39 is 0 Å². The average Bonchev–Trinajstić information content (AvgIpc) is 4.12. The predicted molar refractivity (Wildman–Crippen MR) is 272 cm³/mol. The van der Waals surface area contributed by atoms with Crippen LogP contribution in [0, 0.1) is 11.3 Å². The molecule has 66 heavy (non-hydrogen) atoms. The summed E-state index contributed by atoms with van der Waals surface area (Å²) >= 11 is 0. The summed E-state index contributed by atoms with van der Waals surface area (Å²) in [5.41, 5.74) is 16.0. The van der Waals surface area contributed by atoms with Crippen molar-refractivity contribution >= 4 is 87.4 Å². The number of para-hydroxylation sites is 5. The van der Waals surface area contributed by atoms with Gasteiger partial charge in [-0.2, -0.15) is 5.26 Å². The Hall–Kier alpha value is -9.11. The van der Waals surface area contributed by atoms with Gasteiger partial charge in [0.05, 0.1) is 44.7 Å². The molecule has 0 fully saturated rings. The Morgan fingerprint density at radius 3 is 1.68 bits per heavy atom. The van der Waals surface area contributed by atoms with Crippen molar-refractivity contribution in [3.8, 4) is 45.4 Å². The van der Waals surface area contributed by atoms with Gasteiger partial charge >= 0.3 is 0 Å². The summed E-state index contributed by atoms with van der Waals surface area (Å²) in [5.74, 6) is 0. The van der Waals surface area contributed by atoms with E-state index in [2.05, 4.69) is 202 Å². The van der Waals surface area contributed by atoms with Crippen LogP contribution in [0.2, 0.25) is 0 Å². The van der Waals surface area contributed by atoms with E-state index in [-0.39, 0.29) is 0 Å². The van der Waals surface area contributed by atoms with Gasteiger partial charge < -0.3 is 18.1 Å². The van der Waals surface area contributed by atoms with Crippen LogP contribution in [0.4, 0.5) is 0 Å². The quantitative estimate of drug-likeness (QED) is 0.173. The van der Waals surface area contributed by atoms with Crippen LogP contribution in [0.5, 0.6) is 0 Å². The first-order valence-corrected chi connectivity index (χ1v) is 22.3. The van der Waals surface area contributed by atoms with Gasteiger partial charge in [0, 0.05) is 66.2 Å². The second kappa shape index (κ2) is 13.9. The van der Waals surface area contributed by atoms with Crippen molar-refractivity contribution in [1.29, 1.82) is 5.26 Å². The number of hydrogen-bond donors (Lipinski definition) is 0. The molecule has 10 aromatic carbocycles. The Bertz CT molecular complexity index is 4350. The predicted octanol–water partition coefficient (Wildman–Crippen LogP) is 16.1. The number of aromatic nitrogens is 3. The lowest BCUT2D eigenvalue weighted by Crippen LogP contribution is -2.01. The Balaban J connectivity index is 1.10. The van der Waals surface area contributed by atoms with Gasteiger partial charge in [-0.05, 0) is 95.1 Å². The Morgan fingerprint density at radius 2 is 0.939 bits per heavy atom. The third-order valence-corrected chi connectivity index (χ3v) is 13.6. The summed E-state index contributed by atoms with van der Waals surface area (Å²) in [6.45, 7) is 0. The first-order valence-electron chi connectivity index (χ1n) is 22.3. The topological polar surface area (TPSA) is 51.7 Å². The lowest BCUT2D eigenvalue weighted by atomic mass is 9.95. The summed E-state index contributed by atoms with van der Waals surface area (Å²) in [7, 11) is 0.